The number of hydrogen-bond acceptors (Lipinski definition) is 4. The summed E-state index contributed by atoms with van der Waals surface area (Å²) in [5, 5.41) is 2.09. The van der Waals surface area contributed by atoms with Crippen molar-refractivity contribution in [3.05, 3.63) is 22.4 Å². The molecule has 16 heavy (non-hydrogen) atoms. The molecule has 0 spiro atoms. The first-order chi connectivity index (χ1) is 7.72. The van der Waals surface area contributed by atoms with Crippen molar-refractivity contribution in [3.63, 3.8) is 0 Å². The fourth-order valence-corrected chi connectivity index (χ4v) is 2.95. The van der Waals surface area contributed by atoms with Crippen LogP contribution in [0.1, 0.15) is 31.6 Å². The standard InChI is InChI=1S/C12H22N2OS/c1-4-12(5-2,15-3)11(14-13)9-10-7-6-8-16-10/h6-8,11,14H,4-5,9,13H2,1-3H3. The fraction of sp³-hybridized carbons (Fsp3) is 0.667. The van der Waals surface area contributed by atoms with Crippen LogP contribution >= 0.6 is 11.3 Å². The second kappa shape index (κ2) is 6.35. The molecule has 4 heteroatoms. The Morgan fingerprint density at radius 1 is 1.50 bits per heavy atom. The molecule has 3 N–H and O–H groups in total. The third-order valence-corrected chi connectivity index (χ3v) is 4.32. The molecule has 0 radical (unpaired) electrons. The first kappa shape index (κ1) is 13.6. The van der Waals surface area contributed by atoms with Crippen LogP contribution in [0.3, 0.4) is 0 Å². The van der Waals surface area contributed by atoms with Crippen LogP contribution in [0.5, 0.6) is 0 Å². The minimum Gasteiger partial charge on any atom is -0.377 e. The van der Waals surface area contributed by atoms with Crippen molar-refractivity contribution in [2.24, 2.45) is 5.84 Å². The van der Waals surface area contributed by atoms with Gasteiger partial charge in [0.25, 0.3) is 0 Å². The van der Waals surface area contributed by atoms with Crippen LogP contribution in [0.4, 0.5) is 0 Å². The van der Waals surface area contributed by atoms with Crippen molar-refractivity contribution >= 4 is 11.3 Å². The molecule has 0 aliphatic carbocycles. The molecule has 0 saturated heterocycles. The summed E-state index contributed by atoms with van der Waals surface area (Å²) in [7, 11) is 1.77. The molecular formula is C12H22N2OS. The van der Waals surface area contributed by atoms with Crippen LogP contribution in [0.25, 0.3) is 0 Å². The van der Waals surface area contributed by atoms with Gasteiger partial charge in [0.1, 0.15) is 0 Å². The van der Waals surface area contributed by atoms with E-state index in [-0.39, 0.29) is 11.6 Å². The molecule has 1 atom stereocenters. The summed E-state index contributed by atoms with van der Waals surface area (Å²) < 4.78 is 5.70. The molecule has 1 aromatic heterocycles. The summed E-state index contributed by atoms with van der Waals surface area (Å²) >= 11 is 1.76. The number of nitrogens with two attached hydrogens (primary N) is 1. The minimum absolute atomic E-state index is 0.158. The van der Waals surface area contributed by atoms with E-state index < -0.39 is 0 Å². The number of thiophene rings is 1. The van der Waals surface area contributed by atoms with Crippen LogP contribution in [-0.2, 0) is 11.2 Å². The first-order valence-electron chi connectivity index (χ1n) is 5.76. The molecular weight excluding hydrogens is 220 g/mol. The van der Waals surface area contributed by atoms with Crippen molar-refractivity contribution in [3.8, 4) is 0 Å². The van der Waals surface area contributed by atoms with Gasteiger partial charge in [0.05, 0.1) is 11.6 Å². The van der Waals surface area contributed by atoms with Gasteiger partial charge in [-0.05, 0) is 24.3 Å². The van der Waals surface area contributed by atoms with Gasteiger partial charge in [-0.25, -0.2) is 0 Å². The van der Waals surface area contributed by atoms with Crippen molar-refractivity contribution in [1.82, 2.24) is 5.43 Å². The van der Waals surface area contributed by atoms with E-state index >= 15 is 0 Å². The molecule has 0 fully saturated rings. The number of rotatable bonds is 7. The predicted molar refractivity (Wildman–Crippen MR) is 69.5 cm³/mol. The van der Waals surface area contributed by atoms with Crippen LogP contribution in [0.15, 0.2) is 17.5 Å². The number of nitrogens with one attached hydrogen (secondary N) is 1. The Morgan fingerprint density at radius 2 is 2.19 bits per heavy atom. The van der Waals surface area contributed by atoms with E-state index in [0.717, 1.165) is 19.3 Å². The van der Waals surface area contributed by atoms with Crippen molar-refractivity contribution in [2.45, 2.75) is 44.8 Å². The van der Waals surface area contributed by atoms with E-state index in [9.17, 15) is 0 Å². The topological polar surface area (TPSA) is 47.3 Å². The second-order valence-corrected chi connectivity index (χ2v) is 5.01. The van der Waals surface area contributed by atoms with Crippen molar-refractivity contribution in [1.29, 1.82) is 0 Å². The summed E-state index contributed by atoms with van der Waals surface area (Å²) in [6.07, 6.45) is 2.84. The van der Waals surface area contributed by atoms with Gasteiger partial charge < -0.3 is 4.74 Å². The monoisotopic (exact) mass is 242 g/mol. The second-order valence-electron chi connectivity index (χ2n) is 3.98. The molecule has 1 heterocycles. The maximum atomic E-state index is 5.70. The van der Waals surface area contributed by atoms with Crippen LogP contribution in [-0.4, -0.2) is 18.8 Å². The third kappa shape index (κ3) is 2.83. The highest BCUT2D eigenvalue weighted by atomic mass is 32.1. The number of hydrazine groups is 1. The molecule has 1 unspecified atom stereocenters. The number of ether oxygens (including phenoxy) is 1. The highest BCUT2D eigenvalue weighted by molar-refractivity contribution is 7.09. The zero-order valence-corrected chi connectivity index (χ0v) is 11.1. The van der Waals surface area contributed by atoms with Gasteiger partial charge in [0, 0.05) is 18.4 Å². The van der Waals surface area contributed by atoms with E-state index in [2.05, 4.69) is 36.8 Å². The fourth-order valence-electron chi connectivity index (χ4n) is 2.20. The SMILES string of the molecule is CCC(CC)(OC)C(Cc1cccs1)NN. The van der Waals surface area contributed by atoms with E-state index in [0.29, 0.717) is 0 Å². The molecule has 92 valence electrons. The quantitative estimate of drug-likeness (QED) is 0.570. The maximum Gasteiger partial charge on any atom is 0.0842 e. The Kier molecular flexibility index (Phi) is 5.41. The molecule has 3 nitrogen and oxygen atoms in total. The molecule has 0 saturated carbocycles. The van der Waals surface area contributed by atoms with Gasteiger partial charge in [0.2, 0.25) is 0 Å². The average Bonchev–Trinajstić information content (AvgIpc) is 2.83. The zero-order valence-electron chi connectivity index (χ0n) is 10.3. The third-order valence-electron chi connectivity index (χ3n) is 3.43. The van der Waals surface area contributed by atoms with E-state index in [4.69, 9.17) is 10.6 Å². The number of methoxy groups -OCH3 is 1. The molecule has 0 aromatic carbocycles. The summed E-state index contributed by atoms with van der Waals surface area (Å²) in [4.78, 5) is 1.34. The lowest BCUT2D eigenvalue weighted by Crippen LogP contribution is -2.55. The van der Waals surface area contributed by atoms with Gasteiger partial charge in [-0.15, -0.1) is 11.3 Å². The maximum absolute atomic E-state index is 5.70. The average molecular weight is 242 g/mol. The van der Waals surface area contributed by atoms with Crippen LogP contribution in [0.2, 0.25) is 0 Å². The highest BCUT2D eigenvalue weighted by Crippen LogP contribution is 2.27. The van der Waals surface area contributed by atoms with Crippen molar-refractivity contribution < 1.29 is 4.74 Å². The smallest absolute Gasteiger partial charge is 0.0842 e. The van der Waals surface area contributed by atoms with Gasteiger partial charge in [-0.2, -0.15) is 0 Å². The molecule has 0 aliphatic rings. The Balaban J connectivity index is 2.78. The Labute approximate surface area is 102 Å². The van der Waals surface area contributed by atoms with Gasteiger partial charge in [0.15, 0.2) is 0 Å². The number of hydrogen-bond donors (Lipinski definition) is 2. The predicted octanol–water partition coefficient (Wildman–Crippen LogP) is 2.33. The molecule has 1 aromatic rings. The Bertz CT molecular complexity index is 275. The largest absolute Gasteiger partial charge is 0.377 e. The first-order valence-corrected chi connectivity index (χ1v) is 6.64. The Morgan fingerprint density at radius 3 is 2.56 bits per heavy atom. The zero-order chi connectivity index (χ0) is 12.0. The molecule has 0 amide bonds. The summed E-state index contributed by atoms with van der Waals surface area (Å²) in [5.41, 5.74) is 2.75. The lowest BCUT2D eigenvalue weighted by atomic mass is 9.86. The van der Waals surface area contributed by atoms with Gasteiger partial charge >= 0.3 is 0 Å². The lowest BCUT2D eigenvalue weighted by Gasteiger charge is -2.38. The van der Waals surface area contributed by atoms with E-state index in [1.165, 1.54) is 4.88 Å². The summed E-state index contributed by atoms with van der Waals surface area (Å²) in [6.45, 7) is 4.29. The van der Waals surface area contributed by atoms with E-state index in [1.54, 1.807) is 18.4 Å². The van der Waals surface area contributed by atoms with Gasteiger partial charge in [-0.1, -0.05) is 19.9 Å². The highest BCUT2D eigenvalue weighted by Gasteiger charge is 2.35. The molecule has 0 bridgehead atoms. The summed E-state index contributed by atoms with van der Waals surface area (Å²) in [5.74, 6) is 5.68. The lowest BCUT2D eigenvalue weighted by molar-refractivity contribution is -0.0471. The molecule has 1 rings (SSSR count). The minimum atomic E-state index is -0.168. The molecule has 0 aliphatic heterocycles. The van der Waals surface area contributed by atoms with Gasteiger partial charge in [-0.3, -0.25) is 11.3 Å². The summed E-state index contributed by atoms with van der Waals surface area (Å²) in [6, 6.07) is 4.37. The van der Waals surface area contributed by atoms with Crippen LogP contribution in [0, 0.1) is 0 Å². The Hall–Kier alpha value is -0.420. The normalized spacial score (nSPS) is 14.0. The van der Waals surface area contributed by atoms with Crippen LogP contribution < -0.4 is 11.3 Å². The van der Waals surface area contributed by atoms with Crippen molar-refractivity contribution in [2.75, 3.05) is 7.11 Å². The van der Waals surface area contributed by atoms with E-state index in [1.807, 2.05) is 0 Å².